The van der Waals surface area contributed by atoms with Crippen LogP contribution in [0, 0.1) is 5.92 Å². The second kappa shape index (κ2) is 9.03. The second-order valence-corrected chi connectivity index (χ2v) is 6.71. The van der Waals surface area contributed by atoms with E-state index in [1.807, 2.05) is 0 Å². The standard InChI is InChI=1S/C14H22N4OS.2ClH/c1-2-18-6-5-11-12(9-18)20-14(16-11)17-13(19)8-15-7-10-3-4-10;;/h10,15H,2-9H2,1H3,(H,16,17,19);2*1H. The molecule has 0 unspecified atom stereocenters. The van der Waals surface area contributed by atoms with Crippen molar-refractivity contribution < 1.29 is 4.79 Å². The van der Waals surface area contributed by atoms with Gasteiger partial charge in [0, 0.05) is 24.4 Å². The lowest BCUT2D eigenvalue weighted by Gasteiger charge is -2.23. The molecule has 2 aliphatic rings. The van der Waals surface area contributed by atoms with E-state index in [1.165, 1.54) is 23.4 Å². The number of aromatic nitrogens is 1. The van der Waals surface area contributed by atoms with Gasteiger partial charge < -0.3 is 10.6 Å². The van der Waals surface area contributed by atoms with E-state index in [1.54, 1.807) is 11.3 Å². The summed E-state index contributed by atoms with van der Waals surface area (Å²) in [5.74, 6) is 0.819. The van der Waals surface area contributed by atoms with E-state index in [9.17, 15) is 4.79 Å². The first kappa shape index (κ1) is 19.6. The molecule has 1 aromatic heterocycles. The molecule has 5 nitrogen and oxygen atoms in total. The maximum Gasteiger partial charge on any atom is 0.240 e. The maximum atomic E-state index is 11.8. The molecule has 3 rings (SSSR count). The van der Waals surface area contributed by atoms with Crippen LogP contribution in [0.2, 0.25) is 0 Å². The molecule has 0 aromatic carbocycles. The minimum Gasteiger partial charge on any atom is -0.308 e. The Kier molecular flexibility index (Phi) is 8.07. The number of nitrogens with zero attached hydrogens (tertiary/aromatic N) is 2. The molecule has 2 N–H and O–H groups in total. The van der Waals surface area contributed by atoms with Gasteiger partial charge in [-0.1, -0.05) is 6.92 Å². The van der Waals surface area contributed by atoms with Crippen molar-refractivity contribution in [2.45, 2.75) is 32.7 Å². The molecular formula is C14H24Cl2N4OS. The average molecular weight is 367 g/mol. The number of anilines is 1. The summed E-state index contributed by atoms with van der Waals surface area (Å²) in [4.78, 5) is 20.1. The summed E-state index contributed by atoms with van der Waals surface area (Å²) in [5.41, 5.74) is 1.17. The number of carbonyl (C=O) groups excluding carboxylic acids is 1. The van der Waals surface area contributed by atoms with E-state index in [-0.39, 0.29) is 30.7 Å². The van der Waals surface area contributed by atoms with Crippen molar-refractivity contribution in [3.05, 3.63) is 10.6 Å². The van der Waals surface area contributed by atoms with Gasteiger partial charge in [-0.15, -0.1) is 36.2 Å². The van der Waals surface area contributed by atoms with Gasteiger partial charge in [-0.2, -0.15) is 0 Å². The van der Waals surface area contributed by atoms with Crippen LogP contribution in [0.4, 0.5) is 5.13 Å². The predicted octanol–water partition coefficient (Wildman–Crippen LogP) is 2.30. The van der Waals surface area contributed by atoms with E-state index >= 15 is 0 Å². The van der Waals surface area contributed by atoms with Crippen LogP contribution >= 0.6 is 36.2 Å². The number of fused-ring (bicyclic) bond motifs is 1. The van der Waals surface area contributed by atoms with Crippen molar-refractivity contribution in [2.24, 2.45) is 5.92 Å². The Morgan fingerprint density at radius 3 is 2.86 bits per heavy atom. The number of halogens is 2. The molecule has 0 radical (unpaired) electrons. The Morgan fingerprint density at radius 2 is 2.18 bits per heavy atom. The van der Waals surface area contributed by atoms with Gasteiger partial charge in [0.05, 0.1) is 12.2 Å². The maximum absolute atomic E-state index is 11.8. The van der Waals surface area contributed by atoms with Gasteiger partial charge in [-0.3, -0.25) is 9.69 Å². The Morgan fingerprint density at radius 1 is 1.41 bits per heavy atom. The zero-order valence-corrected chi connectivity index (χ0v) is 15.2. The van der Waals surface area contributed by atoms with Gasteiger partial charge in [-0.05, 0) is 31.8 Å². The highest BCUT2D eigenvalue weighted by Gasteiger charge is 2.22. The number of amides is 1. The fraction of sp³-hybridized carbons (Fsp3) is 0.714. The number of likely N-dealkylation sites (N-methyl/N-ethyl adjacent to an activating group) is 1. The molecule has 0 spiro atoms. The van der Waals surface area contributed by atoms with Crippen molar-refractivity contribution >= 4 is 47.2 Å². The Labute approximate surface area is 148 Å². The van der Waals surface area contributed by atoms with Crippen LogP contribution in [0.25, 0.3) is 0 Å². The summed E-state index contributed by atoms with van der Waals surface area (Å²) >= 11 is 1.62. The van der Waals surface area contributed by atoms with Gasteiger partial charge in [0.25, 0.3) is 0 Å². The largest absolute Gasteiger partial charge is 0.308 e. The molecule has 0 bridgehead atoms. The highest BCUT2D eigenvalue weighted by Crippen LogP contribution is 2.28. The van der Waals surface area contributed by atoms with Crippen LogP contribution in [0.15, 0.2) is 0 Å². The molecule has 2 heterocycles. The van der Waals surface area contributed by atoms with Crippen LogP contribution in [-0.4, -0.2) is 42.0 Å². The third kappa shape index (κ3) is 5.35. The first-order chi connectivity index (χ1) is 9.74. The molecule has 1 aliphatic carbocycles. The van der Waals surface area contributed by atoms with E-state index in [2.05, 4.69) is 27.4 Å². The molecule has 1 saturated carbocycles. The van der Waals surface area contributed by atoms with Gasteiger partial charge >= 0.3 is 0 Å². The quantitative estimate of drug-likeness (QED) is 0.810. The summed E-state index contributed by atoms with van der Waals surface area (Å²) in [5, 5.41) is 6.87. The molecule has 0 saturated heterocycles. The number of carbonyl (C=O) groups is 1. The monoisotopic (exact) mass is 366 g/mol. The first-order valence-corrected chi connectivity index (χ1v) is 8.27. The fourth-order valence-corrected chi connectivity index (χ4v) is 3.51. The molecule has 0 atom stereocenters. The zero-order chi connectivity index (χ0) is 13.9. The smallest absolute Gasteiger partial charge is 0.240 e. The minimum absolute atomic E-state index is 0. The molecule has 1 amide bonds. The van der Waals surface area contributed by atoms with Crippen LogP contribution in [0.5, 0.6) is 0 Å². The van der Waals surface area contributed by atoms with E-state index in [0.29, 0.717) is 6.54 Å². The molecule has 1 aliphatic heterocycles. The van der Waals surface area contributed by atoms with Crippen molar-refractivity contribution in [3.8, 4) is 0 Å². The summed E-state index contributed by atoms with van der Waals surface area (Å²) in [6.45, 7) is 6.66. The van der Waals surface area contributed by atoms with Crippen molar-refractivity contribution in [3.63, 3.8) is 0 Å². The fourth-order valence-electron chi connectivity index (χ4n) is 2.45. The van der Waals surface area contributed by atoms with Crippen molar-refractivity contribution in [2.75, 3.05) is 31.5 Å². The first-order valence-electron chi connectivity index (χ1n) is 7.46. The number of rotatable bonds is 6. The lowest BCUT2D eigenvalue weighted by atomic mass is 10.2. The summed E-state index contributed by atoms with van der Waals surface area (Å²) < 4.78 is 0. The average Bonchev–Trinajstić information content (AvgIpc) is 3.17. The molecule has 1 aromatic rings. The zero-order valence-electron chi connectivity index (χ0n) is 12.8. The van der Waals surface area contributed by atoms with Gasteiger partial charge in [0.1, 0.15) is 0 Å². The predicted molar refractivity (Wildman–Crippen MR) is 95.5 cm³/mol. The van der Waals surface area contributed by atoms with Gasteiger partial charge in [-0.25, -0.2) is 4.98 Å². The summed E-state index contributed by atoms with van der Waals surface area (Å²) in [7, 11) is 0. The minimum atomic E-state index is 0. The third-order valence-corrected chi connectivity index (χ3v) is 4.92. The number of nitrogens with one attached hydrogen (secondary N) is 2. The Balaban J connectivity index is 0.00000121. The molecule has 126 valence electrons. The SMILES string of the molecule is CCN1CCc2nc(NC(=O)CNCC3CC3)sc2C1.Cl.Cl. The lowest BCUT2D eigenvalue weighted by molar-refractivity contribution is -0.115. The highest BCUT2D eigenvalue weighted by atomic mass is 35.5. The van der Waals surface area contributed by atoms with Crippen LogP contribution in [0.1, 0.15) is 30.3 Å². The molecule has 8 heteroatoms. The molecule has 1 fully saturated rings. The van der Waals surface area contributed by atoms with Crippen LogP contribution < -0.4 is 10.6 Å². The summed E-state index contributed by atoms with van der Waals surface area (Å²) in [6.07, 6.45) is 3.61. The van der Waals surface area contributed by atoms with Gasteiger partial charge in [0.15, 0.2) is 5.13 Å². The second-order valence-electron chi connectivity index (χ2n) is 5.63. The molecular weight excluding hydrogens is 343 g/mol. The van der Waals surface area contributed by atoms with E-state index in [4.69, 9.17) is 0 Å². The van der Waals surface area contributed by atoms with Crippen LogP contribution in [0.3, 0.4) is 0 Å². The number of hydrogen-bond acceptors (Lipinski definition) is 5. The van der Waals surface area contributed by atoms with Crippen LogP contribution in [-0.2, 0) is 17.8 Å². The van der Waals surface area contributed by atoms with Crippen molar-refractivity contribution in [1.82, 2.24) is 15.2 Å². The third-order valence-electron chi connectivity index (χ3n) is 3.92. The Hall–Kier alpha value is -0.400. The Bertz CT molecular complexity index is 493. The van der Waals surface area contributed by atoms with Gasteiger partial charge in [0.2, 0.25) is 5.91 Å². The highest BCUT2D eigenvalue weighted by molar-refractivity contribution is 7.15. The topological polar surface area (TPSA) is 57.3 Å². The lowest BCUT2D eigenvalue weighted by Crippen LogP contribution is -2.29. The molecule has 22 heavy (non-hydrogen) atoms. The normalized spacial score (nSPS) is 17.1. The number of thiazole rings is 1. The van der Waals surface area contributed by atoms with E-state index in [0.717, 1.165) is 43.6 Å². The van der Waals surface area contributed by atoms with E-state index < -0.39 is 0 Å². The van der Waals surface area contributed by atoms with Crippen molar-refractivity contribution in [1.29, 1.82) is 0 Å². The summed E-state index contributed by atoms with van der Waals surface area (Å²) in [6, 6.07) is 0. The number of hydrogen-bond donors (Lipinski definition) is 2.